The highest BCUT2D eigenvalue weighted by Crippen LogP contribution is 2.24. The molecule has 0 radical (unpaired) electrons. The predicted octanol–water partition coefficient (Wildman–Crippen LogP) is 0.762. The maximum atomic E-state index is 11.1. The summed E-state index contributed by atoms with van der Waals surface area (Å²) in [6, 6.07) is 4.52. The van der Waals surface area contributed by atoms with Crippen LogP contribution in [0.15, 0.2) is 23.1 Å². The van der Waals surface area contributed by atoms with Crippen molar-refractivity contribution in [2.45, 2.75) is 18.2 Å². The SMILES string of the molecule is CCCN(C)c1ccc(S(N)(=O)=O)cc1N. The molecule has 0 aliphatic heterocycles. The van der Waals surface area contributed by atoms with E-state index in [4.69, 9.17) is 10.9 Å². The average molecular weight is 243 g/mol. The van der Waals surface area contributed by atoms with Crippen LogP contribution in [0.4, 0.5) is 11.4 Å². The number of nitrogens with zero attached hydrogens (tertiary/aromatic N) is 1. The number of nitrogens with two attached hydrogens (primary N) is 2. The molecule has 0 atom stereocenters. The van der Waals surface area contributed by atoms with Gasteiger partial charge in [-0.15, -0.1) is 0 Å². The monoisotopic (exact) mass is 243 g/mol. The van der Waals surface area contributed by atoms with Crippen LogP contribution in [-0.2, 0) is 10.0 Å². The fourth-order valence-corrected chi connectivity index (χ4v) is 2.06. The maximum absolute atomic E-state index is 11.1. The summed E-state index contributed by atoms with van der Waals surface area (Å²) < 4.78 is 22.2. The molecule has 1 aromatic rings. The van der Waals surface area contributed by atoms with Gasteiger partial charge in [0.2, 0.25) is 10.0 Å². The van der Waals surface area contributed by atoms with Crippen molar-refractivity contribution in [1.29, 1.82) is 0 Å². The molecule has 0 unspecified atom stereocenters. The van der Waals surface area contributed by atoms with Crippen LogP contribution in [0, 0.1) is 0 Å². The molecular formula is C10H17N3O2S. The number of primary sulfonamides is 1. The second-order valence-electron chi connectivity index (χ2n) is 3.69. The minimum Gasteiger partial charge on any atom is -0.397 e. The van der Waals surface area contributed by atoms with E-state index in [9.17, 15) is 8.42 Å². The number of anilines is 2. The van der Waals surface area contributed by atoms with Gasteiger partial charge in [-0.1, -0.05) is 6.92 Å². The van der Waals surface area contributed by atoms with E-state index < -0.39 is 10.0 Å². The highest BCUT2D eigenvalue weighted by atomic mass is 32.2. The molecule has 0 heterocycles. The molecule has 90 valence electrons. The largest absolute Gasteiger partial charge is 0.397 e. The molecule has 0 bridgehead atoms. The third-order valence-corrected chi connectivity index (χ3v) is 3.21. The minimum absolute atomic E-state index is 0.0404. The number of sulfonamides is 1. The predicted molar refractivity (Wildman–Crippen MR) is 65.8 cm³/mol. The Morgan fingerprint density at radius 2 is 2.00 bits per heavy atom. The number of rotatable bonds is 4. The quantitative estimate of drug-likeness (QED) is 0.764. The van der Waals surface area contributed by atoms with E-state index in [1.54, 1.807) is 6.07 Å². The molecule has 6 heteroatoms. The topological polar surface area (TPSA) is 89.4 Å². The van der Waals surface area contributed by atoms with Gasteiger partial charge in [0.05, 0.1) is 16.3 Å². The Morgan fingerprint density at radius 3 is 2.44 bits per heavy atom. The van der Waals surface area contributed by atoms with E-state index in [-0.39, 0.29) is 4.90 Å². The zero-order valence-corrected chi connectivity index (χ0v) is 10.3. The van der Waals surface area contributed by atoms with Crippen LogP contribution in [-0.4, -0.2) is 22.0 Å². The lowest BCUT2D eigenvalue weighted by molar-refractivity contribution is 0.598. The van der Waals surface area contributed by atoms with Crippen LogP contribution >= 0.6 is 0 Å². The molecule has 5 nitrogen and oxygen atoms in total. The van der Waals surface area contributed by atoms with Crippen LogP contribution in [0.1, 0.15) is 13.3 Å². The van der Waals surface area contributed by atoms with E-state index >= 15 is 0 Å². The molecule has 0 saturated heterocycles. The molecular weight excluding hydrogens is 226 g/mol. The lowest BCUT2D eigenvalue weighted by Crippen LogP contribution is -2.20. The van der Waals surface area contributed by atoms with Gasteiger partial charge in [-0.05, 0) is 24.6 Å². The molecule has 0 aliphatic rings. The third-order valence-electron chi connectivity index (χ3n) is 2.30. The molecule has 0 spiro atoms. The fraction of sp³-hybridized carbons (Fsp3) is 0.400. The van der Waals surface area contributed by atoms with Crippen molar-refractivity contribution in [2.75, 3.05) is 24.2 Å². The van der Waals surface area contributed by atoms with Crippen molar-refractivity contribution < 1.29 is 8.42 Å². The van der Waals surface area contributed by atoms with E-state index in [0.29, 0.717) is 5.69 Å². The zero-order valence-electron chi connectivity index (χ0n) is 9.47. The van der Waals surface area contributed by atoms with Crippen molar-refractivity contribution >= 4 is 21.4 Å². The summed E-state index contributed by atoms with van der Waals surface area (Å²) >= 11 is 0. The summed E-state index contributed by atoms with van der Waals surface area (Å²) in [6.45, 7) is 2.92. The summed E-state index contributed by atoms with van der Waals surface area (Å²) in [5.41, 5.74) is 7.02. The van der Waals surface area contributed by atoms with Crippen LogP contribution in [0.2, 0.25) is 0 Å². The Kier molecular flexibility index (Phi) is 3.77. The molecule has 0 saturated carbocycles. The van der Waals surface area contributed by atoms with Gasteiger partial charge in [-0.3, -0.25) is 0 Å². The zero-order chi connectivity index (χ0) is 12.3. The maximum Gasteiger partial charge on any atom is 0.238 e. The van der Waals surface area contributed by atoms with E-state index in [2.05, 4.69) is 6.92 Å². The lowest BCUT2D eigenvalue weighted by atomic mass is 10.2. The lowest BCUT2D eigenvalue weighted by Gasteiger charge is -2.20. The van der Waals surface area contributed by atoms with Crippen molar-refractivity contribution in [3.8, 4) is 0 Å². The first-order valence-corrected chi connectivity index (χ1v) is 6.54. The fourth-order valence-electron chi connectivity index (χ4n) is 1.51. The average Bonchev–Trinajstić information content (AvgIpc) is 2.16. The van der Waals surface area contributed by atoms with Gasteiger partial charge in [0.15, 0.2) is 0 Å². The Balaban J connectivity index is 3.10. The molecule has 4 N–H and O–H groups in total. The van der Waals surface area contributed by atoms with E-state index in [1.165, 1.54) is 12.1 Å². The Labute approximate surface area is 96.1 Å². The summed E-state index contributed by atoms with van der Waals surface area (Å²) in [5.74, 6) is 0. The number of nitrogen functional groups attached to an aromatic ring is 1. The molecule has 16 heavy (non-hydrogen) atoms. The number of benzene rings is 1. The van der Waals surface area contributed by atoms with Crippen LogP contribution in [0.3, 0.4) is 0 Å². The standard InChI is InChI=1S/C10H17N3O2S/c1-3-6-13(2)10-5-4-8(7-9(10)11)16(12,14)15/h4-5,7H,3,6,11H2,1-2H3,(H2,12,14,15). The summed E-state index contributed by atoms with van der Waals surface area (Å²) in [6.07, 6.45) is 0.993. The second kappa shape index (κ2) is 4.71. The number of hydrogen-bond donors (Lipinski definition) is 2. The van der Waals surface area contributed by atoms with Crippen molar-refractivity contribution in [1.82, 2.24) is 0 Å². The number of hydrogen-bond acceptors (Lipinski definition) is 4. The molecule has 0 aliphatic carbocycles. The van der Waals surface area contributed by atoms with E-state index in [0.717, 1.165) is 18.7 Å². The van der Waals surface area contributed by atoms with Gasteiger partial charge >= 0.3 is 0 Å². The van der Waals surface area contributed by atoms with Crippen molar-refractivity contribution in [2.24, 2.45) is 5.14 Å². The molecule has 0 aromatic heterocycles. The Hall–Kier alpha value is -1.27. The smallest absolute Gasteiger partial charge is 0.238 e. The first-order valence-electron chi connectivity index (χ1n) is 4.99. The van der Waals surface area contributed by atoms with Gasteiger partial charge < -0.3 is 10.6 Å². The second-order valence-corrected chi connectivity index (χ2v) is 5.25. The summed E-state index contributed by atoms with van der Waals surface area (Å²) in [4.78, 5) is 2.01. The third kappa shape index (κ3) is 2.86. The highest BCUT2D eigenvalue weighted by Gasteiger charge is 2.11. The summed E-state index contributed by atoms with van der Waals surface area (Å²) in [7, 11) is -1.77. The van der Waals surface area contributed by atoms with Crippen molar-refractivity contribution in [3.05, 3.63) is 18.2 Å². The first kappa shape index (κ1) is 12.8. The summed E-state index contributed by atoms with van der Waals surface area (Å²) in [5, 5.41) is 5.01. The Morgan fingerprint density at radius 1 is 1.38 bits per heavy atom. The van der Waals surface area contributed by atoms with Gasteiger partial charge in [-0.2, -0.15) is 0 Å². The highest BCUT2D eigenvalue weighted by molar-refractivity contribution is 7.89. The van der Waals surface area contributed by atoms with Crippen LogP contribution in [0.5, 0.6) is 0 Å². The van der Waals surface area contributed by atoms with Gasteiger partial charge in [0, 0.05) is 13.6 Å². The van der Waals surface area contributed by atoms with Crippen LogP contribution in [0.25, 0.3) is 0 Å². The van der Waals surface area contributed by atoms with Crippen molar-refractivity contribution in [3.63, 3.8) is 0 Å². The molecule has 1 aromatic carbocycles. The van der Waals surface area contributed by atoms with Gasteiger partial charge in [-0.25, -0.2) is 13.6 Å². The van der Waals surface area contributed by atoms with Crippen LogP contribution < -0.4 is 15.8 Å². The Bertz CT molecular complexity index is 471. The normalized spacial score (nSPS) is 11.4. The first-order chi connectivity index (χ1) is 7.36. The van der Waals surface area contributed by atoms with Gasteiger partial charge in [0.1, 0.15) is 0 Å². The minimum atomic E-state index is -3.68. The molecule has 0 amide bonds. The van der Waals surface area contributed by atoms with E-state index in [1.807, 2.05) is 11.9 Å². The molecule has 1 rings (SSSR count). The van der Waals surface area contributed by atoms with Gasteiger partial charge in [0.25, 0.3) is 0 Å². The molecule has 0 fully saturated rings.